The second-order valence-electron chi connectivity index (χ2n) is 4.40. The fourth-order valence-electron chi connectivity index (χ4n) is 1.77. The molecule has 0 aliphatic rings. The van der Waals surface area contributed by atoms with E-state index in [1.54, 1.807) is 6.92 Å². The number of hydrogen-bond donors (Lipinski definition) is 2. The highest BCUT2D eigenvalue weighted by Crippen LogP contribution is 2.19. The maximum atomic E-state index is 12.0. The summed E-state index contributed by atoms with van der Waals surface area (Å²) >= 11 is 0. The highest BCUT2D eigenvalue weighted by atomic mass is 16.6. The van der Waals surface area contributed by atoms with Crippen molar-refractivity contribution in [2.45, 2.75) is 19.4 Å². The molecule has 0 saturated heterocycles. The van der Waals surface area contributed by atoms with Gasteiger partial charge in [0, 0.05) is 30.9 Å². The van der Waals surface area contributed by atoms with Crippen molar-refractivity contribution in [3.8, 4) is 0 Å². The molecule has 1 amide bonds. The molecule has 0 aliphatic carbocycles. The highest BCUT2D eigenvalue weighted by Gasteiger charge is 2.17. The number of nitrogens with zero attached hydrogens (tertiary/aromatic N) is 1. The van der Waals surface area contributed by atoms with E-state index in [0.717, 1.165) is 0 Å². The number of hydrogen-bond acceptors (Lipinski definition) is 5. The third-order valence-corrected chi connectivity index (χ3v) is 2.85. The van der Waals surface area contributed by atoms with E-state index < -0.39 is 10.8 Å². The van der Waals surface area contributed by atoms with Crippen LogP contribution < -0.4 is 5.32 Å². The van der Waals surface area contributed by atoms with E-state index in [1.165, 1.54) is 25.3 Å². The number of carbonyl (C=O) groups is 1. The van der Waals surface area contributed by atoms with Crippen molar-refractivity contribution >= 4 is 11.6 Å². The normalized spacial score (nSPS) is 11.9. The van der Waals surface area contributed by atoms with E-state index in [4.69, 9.17) is 9.84 Å². The predicted octanol–water partition coefficient (Wildman–Crippen LogP) is 1.03. The summed E-state index contributed by atoms with van der Waals surface area (Å²) in [6.45, 7) is 1.79. The molecule has 0 spiro atoms. The zero-order valence-corrected chi connectivity index (χ0v) is 11.5. The lowest BCUT2D eigenvalue weighted by Gasteiger charge is -2.16. The zero-order chi connectivity index (χ0) is 15.1. The molecule has 0 heterocycles. The lowest BCUT2D eigenvalue weighted by molar-refractivity contribution is -0.385. The SMILES string of the molecule is COCC(CCO)NC(=O)c1ccc(C)c([N+](=O)[O-])c1. The van der Waals surface area contributed by atoms with Crippen LogP contribution >= 0.6 is 0 Å². The van der Waals surface area contributed by atoms with Crippen LogP contribution in [0, 0.1) is 17.0 Å². The number of nitro benzene ring substituents is 1. The van der Waals surface area contributed by atoms with Gasteiger partial charge in [0.15, 0.2) is 0 Å². The number of rotatable bonds is 7. The standard InChI is InChI=1S/C13H18N2O5/c1-9-3-4-10(7-12(9)15(18)19)13(17)14-11(5-6-16)8-20-2/h3-4,7,11,16H,5-6,8H2,1-2H3,(H,14,17). The Balaban J connectivity index is 2.86. The van der Waals surface area contributed by atoms with Gasteiger partial charge in [0.2, 0.25) is 0 Å². The van der Waals surface area contributed by atoms with Gasteiger partial charge in [-0.05, 0) is 19.4 Å². The van der Waals surface area contributed by atoms with Crippen LogP contribution in [0.1, 0.15) is 22.3 Å². The predicted molar refractivity (Wildman–Crippen MR) is 72.7 cm³/mol. The molecule has 2 N–H and O–H groups in total. The van der Waals surface area contributed by atoms with Gasteiger partial charge in [-0.25, -0.2) is 0 Å². The third kappa shape index (κ3) is 4.29. The van der Waals surface area contributed by atoms with Crippen LogP contribution in [0.3, 0.4) is 0 Å². The molecule has 0 fully saturated rings. The molecule has 1 rings (SSSR count). The Morgan fingerprint density at radius 1 is 1.55 bits per heavy atom. The molecule has 0 radical (unpaired) electrons. The largest absolute Gasteiger partial charge is 0.396 e. The maximum Gasteiger partial charge on any atom is 0.273 e. The van der Waals surface area contributed by atoms with E-state index in [9.17, 15) is 14.9 Å². The van der Waals surface area contributed by atoms with Crippen LogP contribution in [-0.4, -0.2) is 42.3 Å². The number of carbonyl (C=O) groups excluding carboxylic acids is 1. The Morgan fingerprint density at radius 2 is 2.25 bits per heavy atom. The Morgan fingerprint density at radius 3 is 2.80 bits per heavy atom. The molecule has 20 heavy (non-hydrogen) atoms. The van der Waals surface area contributed by atoms with Crippen LogP contribution in [0.2, 0.25) is 0 Å². The Hall–Kier alpha value is -1.99. The minimum atomic E-state index is -0.521. The molecule has 0 bridgehead atoms. The van der Waals surface area contributed by atoms with Gasteiger partial charge in [-0.2, -0.15) is 0 Å². The van der Waals surface area contributed by atoms with Gasteiger partial charge >= 0.3 is 0 Å². The van der Waals surface area contributed by atoms with E-state index in [-0.39, 0.29) is 30.5 Å². The number of amides is 1. The van der Waals surface area contributed by atoms with Crippen molar-refractivity contribution in [1.82, 2.24) is 5.32 Å². The first-order chi connectivity index (χ1) is 9.49. The molecule has 7 nitrogen and oxygen atoms in total. The number of aliphatic hydroxyl groups is 1. The van der Waals surface area contributed by atoms with Gasteiger partial charge in [-0.1, -0.05) is 6.07 Å². The first-order valence-electron chi connectivity index (χ1n) is 6.15. The minimum absolute atomic E-state index is 0.0810. The number of aryl methyl sites for hydroxylation is 1. The molecule has 7 heteroatoms. The van der Waals surface area contributed by atoms with Gasteiger partial charge in [-0.3, -0.25) is 14.9 Å². The Labute approximate surface area is 116 Å². The van der Waals surface area contributed by atoms with Crippen molar-refractivity contribution in [3.63, 3.8) is 0 Å². The monoisotopic (exact) mass is 282 g/mol. The van der Waals surface area contributed by atoms with Gasteiger partial charge in [0.05, 0.1) is 17.6 Å². The summed E-state index contributed by atoms with van der Waals surface area (Å²) in [5, 5.41) is 22.4. The number of nitro groups is 1. The summed E-state index contributed by atoms with van der Waals surface area (Å²) in [7, 11) is 1.49. The number of ether oxygens (including phenoxy) is 1. The molecular weight excluding hydrogens is 264 g/mol. The van der Waals surface area contributed by atoms with Crippen molar-refractivity contribution in [2.75, 3.05) is 20.3 Å². The van der Waals surface area contributed by atoms with Crippen LogP contribution in [-0.2, 0) is 4.74 Å². The summed E-state index contributed by atoms with van der Waals surface area (Å²) in [5.74, 6) is -0.427. The number of methoxy groups -OCH3 is 1. The van der Waals surface area contributed by atoms with Crippen LogP contribution in [0.4, 0.5) is 5.69 Å². The summed E-state index contributed by atoms with van der Waals surface area (Å²) in [6, 6.07) is 3.97. The van der Waals surface area contributed by atoms with Gasteiger partial charge in [0.1, 0.15) is 0 Å². The van der Waals surface area contributed by atoms with Crippen LogP contribution in [0.25, 0.3) is 0 Å². The highest BCUT2D eigenvalue weighted by molar-refractivity contribution is 5.95. The van der Waals surface area contributed by atoms with Crippen molar-refractivity contribution in [2.24, 2.45) is 0 Å². The fraction of sp³-hybridized carbons (Fsp3) is 0.462. The summed E-state index contributed by atoms with van der Waals surface area (Å²) in [4.78, 5) is 22.3. The molecular formula is C13H18N2O5. The Kier molecular flexibility index (Phi) is 6.08. The third-order valence-electron chi connectivity index (χ3n) is 2.85. The molecule has 1 aromatic rings. The molecule has 110 valence electrons. The smallest absolute Gasteiger partial charge is 0.273 e. The van der Waals surface area contributed by atoms with Crippen molar-refractivity contribution < 1.29 is 19.6 Å². The van der Waals surface area contributed by atoms with E-state index in [0.29, 0.717) is 12.0 Å². The molecule has 0 saturated carbocycles. The molecule has 0 aliphatic heterocycles. The average Bonchev–Trinajstić information content (AvgIpc) is 2.39. The first kappa shape index (κ1) is 16.1. The van der Waals surface area contributed by atoms with E-state index >= 15 is 0 Å². The minimum Gasteiger partial charge on any atom is -0.396 e. The first-order valence-corrected chi connectivity index (χ1v) is 6.15. The van der Waals surface area contributed by atoms with E-state index in [1.807, 2.05) is 0 Å². The number of benzene rings is 1. The van der Waals surface area contributed by atoms with Gasteiger partial charge in [0.25, 0.3) is 11.6 Å². The van der Waals surface area contributed by atoms with Crippen LogP contribution in [0.15, 0.2) is 18.2 Å². The quantitative estimate of drug-likeness (QED) is 0.574. The second kappa shape index (κ2) is 7.56. The summed E-state index contributed by atoms with van der Waals surface area (Å²) < 4.78 is 4.94. The second-order valence-corrected chi connectivity index (χ2v) is 4.40. The van der Waals surface area contributed by atoms with E-state index in [2.05, 4.69) is 5.32 Å². The Bertz CT molecular complexity index is 484. The van der Waals surface area contributed by atoms with Crippen LogP contribution in [0.5, 0.6) is 0 Å². The van der Waals surface area contributed by atoms with Gasteiger partial charge < -0.3 is 15.2 Å². The lowest BCUT2D eigenvalue weighted by atomic mass is 10.1. The van der Waals surface area contributed by atoms with Crippen molar-refractivity contribution in [3.05, 3.63) is 39.4 Å². The lowest BCUT2D eigenvalue weighted by Crippen LogP contribution is -2.38. The van der Waals surface area contributed by atoms with Gasteiger partial charge in [-0.15, -0.1) is 0 Å². The maximum absolute atomic E-state index is 12.0. The number of nitrogens with one attached hydrogen (secondary N) is 1. The number of aliphatic hydroxyl groups excluding tert-OH is 1. The fourth-order valence-corrected chi connectivity index (χ4v) is 1.77. The molecule has 1 atom stereocenters. The topological polar surface area (TPSA) is 102 Å². The summed E-state index contributed by atoms with van der Waals surface area (Å²) in [5.41, 5.74) is 0.611. The molecule has 1 aromatic carbocycles. The summed E-state index contributed by atoms with van der Waals surface area (Å²) in [6.07, 6.45) is 0.355. The van der Waals surface area contributed by atoms with Crippen molar-refractivity contribution in [1.29, 1.82) is 0 Å². The molecule has 0 aromatic heterocycles. The average molecular weight is 282 g/mol. The zero-order valence-electron chi connectivity index (χ0n) is 11.5. The molecule has 1 unspecified atom stereocenters.